The first-order valence-electron chi connectivity index (χ1n) is 8.97. The lowest BCUT2D eigenvalue weighted by molar-refractivity contribution is -0.125. The first-order chi connectivity index (χ1) is 12.9. The van der Waals surface area contributed by atoms with Gasteiger partial charge in [-0.2, -0.15) is 5.26 Å². The maximum absolute atomic E-state index is 12.2. The molecule has 0 unspecified atom stereocenters. The summed E-state index contributed by atoms with van der Waals surface area (Å²) in [5.74, 6) is -1.49. The van der Waals surface area contributed by atoms with Crippen LogP contribution in [0.25, 0.3) is 0 Å². The molecule has 0 bridgehead atoms. The average molecular weight is 410 g/mol. The number of nitriles is 1. The van der Waals surface area contributed by atoms with Crippen LogP contribution in [0.3, 0.4) is 0 Å². The summed E-state index contributed by atoms with van der Waals surface area (Å²) in [5, 5.41) is 11.7. The highest BCUT2D eigenvalue weighted by Gasteiger charge is 2.30. The van der Waals surface area contributed by atoms with E-state index in [0.717, 1.165) is 0 Å². The monoisotopic (exact) mass is 409 g/mol. The molecule has 0 aliphatic rings. The van der Waals surface area contributed by atoms with E-state index < -0.39 is 34.0 Å². The summed E-state index contributed by atoms with van der Waals surface area (Å²) in [6, 6.07) is 7.05. The Balaban J connectivity index is 2.72. The molecule has 0 spiro atoms. The second-order valence-corrected chi connectivity index (χ2v) is 8.76. The summed E-state index contributed by atoms with van der Waals surface area (Å²) in [4.78, 5) is 24.0. The standard InChI is InChI=1S/C19H27N3O5S/c1-6-14(4)22-28(25,26)16-9-7-15(8-10-16)18(24)27-11-17(23)21-19(5,12-20)13(2)3/h7-10,13-14,22H,6,11H2,1-5H3,(H,21,23)/t14-,19-/m0/s1. The van der Waals surface area contributed by atoms with Crippen molar-refractivity contribution in [1.82, 2.24) is 10.0 Å². The Morgan fingerprint density at radius 3 is 2.25 bits per heavy atom. The topological polar surface area (TPSA) is 125 Å². The minimum absolute atomic E-state index is 0.0313. The molecule has 28 heavy (non-hydrogen) atoms. The van der Waals surface area contributed by atoms with Gasteiger partial charge in [0.2, 0.25) is 10.0 Å². The summed E-state index contributed by atoms with van der Waals surface area (Å²) in [6.45, 7) is 8.25. The van der Waals surface area contributed by atoms with Crippen LogP contribution in [0.15, 0.2) is 29.2 Å². The molecule has 2 N–H and O–H groups in total. The van der Waals surface area contributed by atoms with Gasteiger partial charge in [0.05, 0.1) is 16.5 Å². The van der Waals surface area contributed by atoms with Crippen molar-refractivity contribution in [3.8, 4) is 6.07 Å². The molecule has 1 aromatic carbocycles. The molecular weight excluding hydrogens is 382 g/mol. The molecule has 8 nitrogen and oxygen atoms in total. The molecule has 2 atom stereocenters. The van der Waals surface area contributed by atoms with Crippen molar-refractivity contribution in [2.75, 3.05) is 6.61 Å². The van der Waals surface area contributed by atoms with Gasteiger partial charge in [-0.1, -0.05) is 20.8 Å². The third kappa shape index (κ3) is 6.32. The minimum Gasteiger partial charge on any atom is -0.452 e. The summed E-state index contributed by atoms with van der Waals surface area (Å²) < 4.78 is 31.9. The lowest BCUT2D eigenvalue weighted by Crippen LogP contribution is -2.50. The number of sulfonamides is 1. The molecule has 0 radical (unpaired) electrons. The van der Waals surface area contributed by atoms with E-state index in [1.807, 2.05) is 13.0 Å². The van der Waals surface area contributed by atoms with Crippen molar-refractivity contribution in [1.29, 1.82) is 5.26 Å². The molecule has 9 heteroatoms. The van der Waals surface area contributed by atoms with Gasteiger partial charge >= 0.3 is 5.97 Å². The number of carbonyl (C=O) groups excluding carboxylic acids is 2. The number of benzene rings is 1. The Labute approximate surface area is 166 Å². The smallest absolute Gasteiger partial charge is 0.338 e. The molecule has 1 amide bonds. The fourth-order valence-electron chi connectivity index (χ4n) is 2.03. The highest BCUT2D eigenvalue weighted by atomic mass is 32.2. The van der Waals surface area contributed by atoms with Gasteiger partial charge in [-0.15, -0.1) is 0 Å². The highest BCUT2D eigenvalue weighted by molar-refractivity contribution is 7.89. The molecule has 0 aromatic heterocycles. The number of esters is 1. The molecule has 1 aromatic rings. The number of carbonyl (C=O) groups is 2. The molecular formula is C19H27N3O5S. The maximum atomic E-state index is 12.2. The van der Waals surface area contributed by atoms with Crippen LogP contribution in [0.2, 0.25) is 0 Å². The van der Waals surface area contributed by atoms with Crippen molar-refractivity contribution >= 4 is 21.9 Å². The van der Waals surface area contributed by atoms with E-state index in [0.29, 0.717) is 6.42 Å². The largest absolute Gasteiger partial charge is 0.452 e. The fourth-order valence-corrected chi connectivity index (χ4v) is 3.35. The Kier molecular flexibility index (Phi) is 8.14. The molecule has 154 valence electrons. The number of hydrogen-bond acceptors (Lipinski definition) is 6. The van der Waals surface area contributed by atoms with E-state index in [4.69, 9.17) is 4.74 Å². The summed E-state index contributed by atoms with van der Waals surface area (Å²) in [6.07, 6.45) is 0.646. The summed E-state index contributed by atoms with van der Waals surface area (Å²) in [7, 11) is -3.67. The van der Waals surface area contributed by atoms with Gasteiger partial charge in [0, 0.05) is 6.04 Å². The number of hydrogen-bond donors (Lipinski definition) is 2. The van der Waals surface area contributed by atoms with E-state index in [1.54, 1.807) is 27.7 Å². The first-order valence-corrected chi connectivity index (χ1v) is 10.4. The van der Waals surface area contributed by atoms with Crippen molar-refractivity contribution in [2.45, 2.75) is 57.5 Å². The number of ether oxygens (including phenoxy) is 1. The fraction of sp³-hybridized carbons (Fsp3) is 0.526. The van der Waals surface area contributed by atoms with E-state index in [2.05, 4.69) is 10.0 Å². The van der Waals surface area contributed by atoms with Crippen LogP contribution in [-0.2, 0) is 19.6 Å². The molecule has 1 rings (SSSR count). The van der Waals surface area contributed by atoms with Crippen LogP contribution in [0, 0.1) is 17.2 Å². The quantitative estimate of drug-likeness (QED) is 0.601. The zero-order valence-corrected chi connectivity index (χ0v) is 17.6. The van der Waals surface area contributed by atoms with Crippen LogP contribution >= 0.6 is 0 Å². The maximum Gasteiger partial charge on any atom is 0.338 e. The summed E-state index contributed by atoms with van der Waals surface area (Å²) in [5.41, 5.74) is -0.954. The van der Waals surface area contributed by atoms with Gasteiger partial charge in [-0.3, -0.25) is 4.79 Å². The van der Waals surface area contributed by atoms with Crippen LogP contribution in [-0.4, -0.2) is 38.5 Å². The number of rotatable bonds is 9. The predicted molar refractivity (Wildman–Crippen MR) is 104 cm³/mol. The zero-order chi connectivity index (χ0) is 21.5. The van der Waals surface area contributed by atoms with Gasteiger partial charge in [-0.25, -0.2) is 17.9 Å². The Morgan fingerprint density at radius 1 is 1.21 bits per heavy atom. The molecule has 0 saturated carbocycles. The van der Waals surface area contributed by atoms with Crippen molar-refractivity contribution in [2.24, 2.45) is 5.92 Å². The lowest BCUT2D eigenvalue weighted by atomic mass is 9.90. The van der Waals surface area contributed by atoms with Gasteiger partial charge in [0.15, 0.2) is 6.61 Å². The Bertz CT molecular complexity index is 843. The second-order valence-electron chi connectivity index (χ2n) is 7.05. The molecule has 0 heterocycles. The van der Waals surface area contributed by atoms with Crippen molar-refractivity contribution in [3.05, 3.63) is 29.8 Å². The Morgan fingerprint density at radius 2 is 1.79 bits per heavy atom. The number of nitrogens with zero attached hydrogens (tertiary/aromatic N) is 1. The molecule has 0 fully saturated rings. The molecule has 0 saturated heterocycles. The average Bonchev–Trinajstić information content (AvgIpc) is 2.65. The van der Waals surface area contributed by atoms with Crippen LogP contribution in [0.1, 0.15) is 51.4 Å². The molecule has 0 aliphatic heterocycles. The first kappa shape index (κ1) is 23.6. The van der Waals surface area contributed by atoms with Gasteiger partial charge < -0.3 is 10.1 Å². The second kappa shape index (κ2) is 9.66. The van der Waals surface area contributed by atoms with Crippen molar-refractivity contribution in [3.63, 3.8) is 0 Å². The lowest BCUT2D eigenvalue weighted by Gasteiger charge is -2.27. The van der Waals surface area contributed by atoms with Gasteiger partial charge in [0.1, 0.15) is 5.54 Å². The van der Waals surface area contributed by atoms with Gasteiger partial charge in [0.25, 0.3) is 5.91 Å². The van der Waals surface area contributed by atoms with Crippen LogP contribution in [0.4, 0.5) is 0 Å². The van der Waals surface area contributed by atoms with Gasteiger partial charge in [-0.05, 0) is 50.5 Å². The third-order valence-corrected chi connectivity index (χ3v) is 6.09. The van der Waals surface area contributed by atoms with Crippen molar-refractivity contribution < 1.29 is 22.7 Å². The number of nitrogens with one attached hydrogen (secondary N) is 2. The third-order valence-electron chi connectivity index (χ3n) is 4.49. The molecule has 0 aliphatic carbocycles. The Hall–Kier alpha value is -2.44. The van der Waals surface area contributed by atoms with Crippen LogP contribution in [0.5, 0.6) is 0 Å². The predicted octanol–water partition coefficient (Wildman–Crippen LogP) is 1.97. The van der Waals surface area contributed by atoms with Crippen LogP contribution < -0.4 is 10.0 Å². The number of amides is 1. The minimum atomic E-state index is -3.67. The van der Waals surface area contributed by atoms with E-state index in [-0.39, 0.29) is 22.4 Å². The normalized spacial score (nSPS) is 14.6. The van der Waals surface area contributed by atoms with E-state index in [9.17, 15) is 23.3 Å². The van der Waals surface area contributed by atoms with E-state index in [1.165, 1.54) is 24.3 Å². The van der Waals surface area contributed by atoms with E-state index >= 15 is 0 Å². The highest BCUT2D eigenvalue weighted by Crippen LogP contribution is 2.15. The zero-order valence-electron chi connectivity index (χ0n) is 16.8. The SMILES string of the molecule is CC[C@H](C)NS(=O)(=O)c1ccc(C(=O)OCC(=O)N[C@@](C)(C#N)C(C)C)cc1. The summed E-state index contributed by atoms with van der Waals surface area (Å²) >= 11 is 0.